The minimum atomic E-state index is -3.48. The van der Waals surface area contributed by atoms with Crippen LogP contribution in [0.1, 0.15) is 36.5 Å². The number of rotatable bonds is 7. The van der Waals surface area contributed by atoms with Crippen molar-refractivity contribution in [2.75, 3.05) is 38.0 Å². The number of nitrogens with zero attached hydrogens (tertiary/aromatic N) is 2. The van der Waals surface area contributed by atoms with Gasteiger partial charge in [-0.1, -0.05) is 62.4 Å². The maximum absolute atomic E-state index is 12.6. The number of para-hydroxylation sites is 1. The lowest BCUT2D eigenvalue weighted by Crippen LogP contribution is -2.50. The van der Waals surface area contributed by atoms with E-state index in [4.69, 9.17) is 0 Å². The van der Waals surface area contributed by atoms with Crippen molar-refractivity contribution in [1.29, 1.82) is 0 Å². The molecular formula is C24H31N3O3S. The van der Waals surface area contributed by atoms with Crippen molar-refractivity contribution in [2.24, 2.45) is 0 Å². The summed E-state index contributed by atoms with van der Waals surface area (Å²) < 4.78 is 26.7. The van der Waals surface area contributed by atoms with E-state index in [0.717, 1.165) is 22.4 Å². The van der Waals surface area contributed by atoms with E-state index in [0.29, 0.717) is 32.1 Å². The number of nitrogens with one attached hydrogen (secondary N) is 1. The zero-order valence-electron chi connectivity index (χ0n) is 18.4. The second-order valence-corrected chi connectivity index (χ2v) is 9.99. The first-order valence-corrected chi connectivity index (χ1v) is 12.1. The fraction of sp³-hybridized carbons (Fsp3) is 0.375. The summed E-state index contributed by atoms with van der Waals surface area (Å²) >= 11 is 0. The smallest absolute Gasteiger partial charge is 0.238 e. The average molecular weight is 442 g/mol. The fourth-order valence-electron chi connectivity index (χ4n) is 3.68. The van der Waals surface area contributed by atoms with Crippen molar-refractivity contribution >= 4 is 27.7 Å². The molecule has 31 heavy (non-hydrogen) atoms. The highest BCUT2D eigenvalue weighted by Crippen LogP contribution is 2.27. The van der Waals surface area contributed by atoms with Gasteiger partial charge in [-0.15, -0.1) is 0 Å². The van der Waals surface area contributed by atoms with Crippen LogP contribution in [0, 0.1) is 6.92 Å². The zero-order valence-corrected chi connectivity index (χ0v) is 19.2. The summed E-state index contributed by atoms with van der Waals surface area (Å²) in [4.78, 5) is 14.6. The van der Waals surface area contributed by atoms with E-state index in [1.807, 2.05) is 60.4 Å². The Balaban J connectivity index is 1.54. The molecular weight excluding hydrogens is 410 g/mol. The van der Waals surface area contributed by atoms with Crippen LogP contribution in [0.15, 0.2) is 53.9 Å². The van der Waals surface area contributed by atoms with Gasteiger partial charge in [0, 0.05) is 37.3 Å². The molecule has 1 fully saturated rings. The Bertz CT molecular complexity index is 1030. The topological polar surface area (TPSA) is 69.7 Å². The van der Waals surface area contributed by atoms with Gasteiger partial charge in [-0.25, -0.2) is 8.42 Å². The minimum Gasteiger partial charge on any atom is -0.324 e. The molecule has 166 valence electrons. The number of piperazine rings is 1. The second kappa shape index (κ2) is 10.2. The summed E-state index contributed by atoms with van der Waals surface area (Å²) in [7, 11) is -3.48. The van der Waals surface area contributed by atoms with Crippen molar-refractivity contribution in [3.8, 4) is 0 Å². The molecule has 1 saturated heterocycles. The van der Waals surface area contributed by atoms with Crippen LogP contribution in [-0.2, 0) is 14.8 Å². The molecule has 0 radical (unpaired) electrons. The Kier molecular flexibility index (Phi) is 7.64. The van der Waals surface area contributed by atoms with E-state index in [9.17, 15) is 13.2 Å². The van der Waals surface area contributed by atoms with E-state index < -0.39 is 10.0 Å². The number of sulfonamides is 1. The SMILES string of the molecule is Cc1cccc(C(C)C)c1NC(=O)CN1CCN(S(=O)(=O)/C=C/c2ccccc2)CC1. The molecule has 1 aliphatic heterocycles. The average Bonchev–Trinajstić information content (AvgIpc) is 2.75. The molecule has 0 unspecified atom stereocenters. The molecule has 3 rings (SSSR count). The number of benzene rings is 2. The number of amides is 1. The van der Waals surface area contributed by atoms with E-state index >= 15 is 0 Å². The van der Waals surface area contributed by atoms with Gasteiger partial charge in [0.05, 0.1) is 6.54 Å². The minimum absolute atomic E-state index is 0.0727. The molecule has 7 heteroatoms. The molecule has 2 aromatic rings. The highest BCUT2D eigenvalue weighted by atomic mass is 32.2. The maximum atomic E-state index is 12.6. The predicted molar refractivity (Wildman–Crippen MR) is 126 cm³/mol. The summed E-state index contributed by atoms with van der Waals surface area (Å²) in [6, 6.07) is 15.4. The Labute approximate surface area is 185 Å². The van der Waals surface area contributed by atoms with Crippen LogP contribution in [0.5, 0.6) is 0 Å². The molecule has 0 spiro atoms. The molecule has 1 amide bonds. The molecule has 1 N–H and O–H groups in total. The van der Waals surface area contributed by atoms with Gasteiger partial charge >= 0.3 is 0 Å². The Morgan fingerprint density at radius 1 is 1.03 bits per heavy atom. The summed E-state index contributed by atoms with van der Waals surface area (Å²) in [6.45, 7) is 8.25. The monoisotopic (exact) mass is 441 g/mol. The van der Waals surface area contributed by atoms with Gasteiger partial charge in [-0.3, -0.25) is 9.69 Å². The van der Waals surface area contributed by atoms with Crippen LogP contribution in [0.25, 0.3) is 6.08 Å². The van der Waals surface area contributed by atoms with Crippen LogP contribution >= 0.6 is 0 Å². The first kappa shape index (κ1) is 23.2. The molecule has 0 atom stereocenters. The van der Waals surface area contributed by atoms with E-state index in [1.54, 1.807) is 6.08 Å². The van der Waals surface area contributed by atoms with E-state index in [1.165, 1.54) is 9.71 Å². The quantitative estimate of drug-likeness (QED) is 0.712. The third kappa shape index (κ3) is 6.26. The van der Waals surface area contributed by atoms with Crippen molar-refractivity contribution < 1.29 is 13.2 Å². The lowest BCUT2D eigenvalue weighted by Gasteiger charge is -2.33. The molecule has 2 aromatic carbocycles. The standard InChI is InChI=1S/C24H31N3O3S/c1-19(2)22-11-7-8-20(3)24(22)25-23(28)18-26-13-15-27(16-14-26)31(29,30)17-12-21-9-5-4-6-10-21/h4-12,17,19H,13-16,18H2,1-3H3,(H,25,28)/b17-12+. The van der Waals surface area contributed by atoms with Crippen LogP contribution in [0.2, 0.25) is 0 Å². The van der Waals surface area contributed by atoms with Crippen LogP contribution in [0.4, 0.5) is 5.69 Å². The number of hydrogen-bond acceptors (Lipinski definition) is 4. The van der Waals surface area contributed by atoms with Gasteiger partial charge in [0.25, 0.3) is 0 Å². The van der Waals surface area contributed by atoms with E-state index in [-0.39, 0.29) is 12.5 Å². The summed E-state index contributed by atoms with van der Waals surface area (Å²) in [5.74, 6) is 0.240. The largest absolute Gasteiger partial charge is 0.324 e. The predicted octanol–water partition coefficient (Wildman–Crippen LogP) is 3.68. The first-order valence-electron chi connectivity index (χ1n) is 10.6. The van der Waals surface area contributed by atoms with Crippen LogP contribution < -0.4 is 5.32 Å². The maximum Gasteiger partial charge on any atom is 0.238 e. The third-order valence-electron chi connectivity index (χ3n) is 5.48. The number of carbonyl (C=O) groups excluding carboxylic acids is 1. The van der Waals surface area contributed by atoms with Crippen molar-refractivity contribution in [3.05, 3.63) is 70.6 Å². The van der Waals surface area contributed by atoms with Gasteiger partial charge in [0.1, 0.15) is 0 Å². The van der Waals surface area contributed by atoms with Crippen molar-refractivity contribution in [1.82, 2.24) is 9.21 Å². The highest BCUT2D eigenvalue weighted by Gasteiger charge is 2.26. The molecule has 1 aliphatic rings. The molecule has 0 saturated carbocycles. The lowest BCUT2D eigenvalue weighted by molar-refractivity contribution is -0.117. The number of aryl methyl sites for hydroxylation is 1. The molecule has 0 aliphatic carbocycles. The van der Waals surface area contributed by atoms with Gasteiger partial charge in [-0.05, 0) is 35.6 Å². The number of hydrogen-bond donors (Lipinski definition) is 1. The van der Waals surface area contributed by atoms with Crippen LogP contribution in [-0.4, -0.2) is 56.3 Å². The molecule has 1 heterocycles. The highest BCUT2D eigenvalue weighted by molar-refractivity contribution is 7.92. The molecule has 0 bridgehead atoms. The second-order valence-electron chi connectivity index (χ2n) is 8.18. The van der Waals surface area contributed by atoms with E-state index in [2.05, 4.69) is 19.2 Å². The summed E-state index contributed by atoms with van der Waals surface area (Å²) in [5.41, 5.74) is 3.89. The molecule has 0 aromatic heterocycles. The van der Waals surface area contributed by atoms with Crippen LogP contribution in [0.3, 0.4) is 0 Å². The van der Waals surface area contributed by atoms with Gasteiger partial charge < -0.3 is 5.32 Å². The summed E-state index contributed by atoms with van der Waals surface area (Å²) in [6.07, 6.45) is 1.61. The summed E-state index contributed by atoms with van der Waals surface area (Å²) in [5, 5.41) is 4.32. The van der Waals surface area contributed by atoms with Gasteiger partial charge in [0.2, 0.25) is 15.9 Å². The van der Waals surface area contributed by atoms with Crippen molar-refractivity contribution in [3.63, 3.8) is 0 Å². The van der Waals surface area contributed by atoms with Gasteiger partial charge in [-0.2, -0.15) is 4.31 Å². The number of anilines is 1. The Hall–Kier alpha value is -2.48. The normalized spacial score (nSPS) is 16.1. The fourth-order valence-corrected chi connectivity index (χ4v) is 4.85. The lowest BCUT2D eigenvalue weighted by atomic mass is 9.98. The first-order chi connectivity index (χ1) is 14.8. The zero-order chi connectivity index (χ0) is 22.4. The Morgan fingerprint density at radius 2 is 1.71 bits per heavy atom. The number of carbonyl (C=O) groups is 1. The Morgan fingerprint density at radius 3 is 2.35 bits per heavy atom. The molecule has 6 nitrogen and oxygen atoms in total. The van der Waals surface area contributed by atoms with Crippen molar-refractivity contribution in [2.45, 2.75) is 26.7 Å². The van der Waals surface area contributed by atoms with Gasteiger partial charge in [0.15, 0.2) is 0 Å². The third-order valence-corrected chi connectivity index (χ3v) is 7.05.